The van der Waals surface area contributed by atoms with Crippen LogP contribution in [-0.2, 0) is 6.61 Å². The van der Waals surface area contributed by atoms with E-state index in [4.69, 9.17) is 9.47 Å². The number of aryl methyl sites for hydroxylation is 1. The predicted octanol–water partition coefficient (Wildman–Crippen LogP) is 3.00. The number of aliphatic hydroxyl groups is 1. The zero-order chi connectivity index (χ0) is 13.2. The Kier molecular flexibility index (Phi) is 3.13. The molecule has 3 nitrogen and oxygen atoms in total. The van der Waals surface area contributed by atoms with E-state index in [0.717, 1.165) is 16.9 Å². The molecule has 0 amide bonds. The van der Waals surface area contributed by atoms with Gasteiger partial charge in [0.05, 0.1) is 0 Å². The number of hydrogen-bond acceptors (Lipinski definition) is 3. The maximum absolute atomic E-state index is 9.64. The SMILES string of the molecule is Cc1cccc(COc2ccc3c(c2)OCC3O)c1. The smallest absolute Gasteiger partial charge is 0.129 e. The Hall–Kier alpha value is -2.00. The van der Waals surface area contributed by atoms with Gasteiger partial charge in [0.2, 0.25) is 0 Å². The molecule has 0 bridgehead atoms. The Balaban J connectivity index is 1.71. The summed E-state index contributed by atoms with van der Waals surface area (Å²) < 4.78 is 11.1. The van der Waals surface area contributed by atoms with Crippen molar-refractivity contribution in [1.29, 1.82) is 0 Å². The number of rotatable bonds is 3. The molecule has 0 aliphatic carbocycles. The minimum atomic E-state index is -0.513. The van der Waals surface area contributed by atoms with Gasteiger partial charge in [0.25, 0.3) is 0 Å². The Morgan fingerprint density at radius 2 is 2.16 bits per heavy atom. The van der Waals surface area contributed by atoms with E-state index in [2.05, 4.69) is 19.1 Å². The lowest BCUT2D eigenvalue weighted by Gasteiger charge is -2.08. The van der Waals surface area contributed by atoms with Crippen LogP contribution in [0.3, 0.4) is 0 Å². The van der Waals surface area contributed by atoms with Crippen molar-refractivity contribution in [3.05, 3.63) is 59.2 Å². The zero-order valence-corrected chi connectivity index (χ0v) is 10.8. The number of benzene rings is 2. The molecule has 1 unspecified atom stereocenters. The average Bonchev–Trinajstić information content (AvgIpc) is 2.78. The lowest BCUT2D eigenvalue weighted by Crippen LogP contribution is -1.97. The molecule has 0 saturated heterocycles. The summed E-state index contributed by atoms with van der Waals surface area (Å²) in [6, 6.07) is 13.8. The van der Waals surface area contributed by atoms with Gasteiger partial charge in [-0.3, -0.25) is 0 Å². The van der Waals surface area contributed by atoms with Gasteiger partial charge < -0.3 is 14.6 Å². The van der Waals surface area contributed by atoms with E-state index >= 15 is 0 Å². The first-order chi connectivity index (χ1) is 9.22. The second-order valence-electron chi connectivity index (χ2n) is 4.80. The molecule has 3 rings (SSSR count). The van der Waals surface area contributed by atoms with E-state index in [1.807, 2.05) is 30.3 Å². The summed E-state index contributed by atoms with van der Waals surface area (Å²) in [6.07, 6.45) is -0.513. The van der Waals surface area contributed by atoms with Gasteiger partial charge in [-0.1, -0.05) is 29.8 Å². The van der Waals surface area contributed by atoms with Crippen LogP contribution in [-0.4, -0.2) is 11.7 Å². The van der Waals surface area contributed by atoms with Crippen LogP contribution in [0.5, 0.6) is 11.5 Å². The van der Waals surface area contributed by atoms with Crippen molar-refractivity contribution in [3.8, 4) is 11.5 Å². The molecule has 1 N–H and O–H groups in total. The molecule has 1 aliphatic heterocycles. The molecular formula is C16H16O3. The maximum Gasteiger partial charge on any atom is 0.129 e. The third-order valence-electron chi connectivity index (χ3n) is 3.23. The number of aliphatic hydroxyl groups excluding tert-OH is 1. The zero-order valence-electron chi connectivity index (χ0n) is 10.8. The Bertz CT molecular complexity index is 592. The van der Waals surface area contributed by atoms with Gasteiger partial charge in [0.15, 0.2) is 0 Å². The first-order valence-electron chi connectivity index (χ1n) is 6.35. The van der Waals surface area contributed by atoms with E-state index in [1.54, 1.807) is 0 Å². The summed E-state index contributed by atoms with van der Waals surface area (Å²) in [4.78, 5) is 0. The van der Waals surface area contributed by atoms with Crippen LogP contribution >= 0.6 is 0 Å². The molecule has 1 aliphatic rings. The fourth-order valence-electron chi connectivity index (χ4n) is 2.23. The largest absolute Gasteiger partial charge is 0.490 e. The van der Waals surface area contributed by atoms with Crippen molar-refractivity contribution in [2.75, 3.05) is 6.61 Å². The third-order valence-corrected chi connectivity index (χ3v) is 3.23. The second-order valence-corrected chi connectivity index (χ2v) is 4.80. The molecule has 2 aromatic rings. The number of ether oxygens (including phenoxy) is 2. The fourth-order valence-corrected chi connectivity index (χ4v) is 2.23. The van der Waals surface area contributed by atoms with Gasteiger partial charge in [-0.15, -0.1) is 0 Å². The lowest BCUT2D eigenvalue weighted by atomic mass is 10.1. The normalized spacial score (nSPS) is 16.8. The second kappa shape index (κ2) is 4.94. The van der Waals surface area contributed by atoms with Gasteiger partial charge in [0, 0.05) is 11.6 Å². The van der Waals surface area contributed by atoms with Crippen molar-refractivity contribution in [3.63, 3.8) is 0 Å². The topological polar surface area (TPSA) is 38.7 Å². The summed E-state index contributed by atoms with van der Waals surface area (Å²) in [5.74, 6) is 1.48. The molecule has 0 radical (unpaired) electrons. The van der Waals surface area contributed by atoms with E-state index in [0.29, 0.717) is 19.0 Å². The van der Waals surface area contributed by atoms with Crippen LogP contribution in [0.25, 0.3) is 0 Å². The molecule has 1 heterocycles. The van der Waals surface area contributed by atoms with Crippen LogP contribution in [0.2, 0.25) is 0 Å². The molecule has 2 aromatic carbocycles. The van der Waals surface area contributed by atoms with Crippen LogP contribution in [0.1, 0.15) is 22.8 Å². The van der Waals surface area contributed by atoms with Crippen LogP contribution in [0.4, 0.5) is 0 Å². The highest BCUT2D eigenvalue weighted by molar-refractivity contribution is 5.44. The summed E-state index contributed by atoms with van der Waals surface area (Å²) >= 11 is 0. The highest BCUT2D eigenvalue weighted by Gasteiger charge is 2.21. The van der Waals surface area contributed by atoms with Gasteiger partial charge in [-0.2, -0.15) is 0 Å². The standard InChI is InChI=1S/C16H16O3/c1-11-3-2-4-12(7-11)9-18-13-5-6-14-15(17)10-19-16(14)8-13/h2-8,15,17H,9-10H2,1H3. The highest BCUT2D eigenvalue weighted by Crippen LogP contribution is 2.35. The van der Waals surface area contributed by atoms with Crippen molar-refractivity contribution in [2.24, 2.45) is 0 Å². The maximum atomic E-state index is 9.64. The van der Waals surface area contributed by atoms with Crippen molar-refractivity contribution < 1.29 is 14.6 Å². The highest BCUT2D eigenvalue weighted by atomic mass is 16.5. The van der Waals surface area contributed by atoms with E-state index in [1.165, 1.54) is 5.56 Å². The molecule has 1 atom stereocenters. The van der Waals surface area contributed by atoms with E-state index < -0.39 is 6.10 Å². The van der Waals surface area contributed by atoms with Gasteiger partial charge in [-0.05, 0) is 24.6 Å². The summed E-state index contributed by atoms with van der Waals surface area (Å²) in [7, 11) is 0. The molecule has 19 heavy (non-hydrogen) atoms. The van der Waals surface area contributed by atoms with Crippen LogP contribution in [0.15, 0.2) is 42.5 Å². The average molecular weight is 256 g/mol. The summed E-state index contributed by atoms with van der Waals surface area (Å²) in [5, 5.41) is 9.64. The first kappa shape index (κ1) is 12.1. The fraction of sp³-hybridized carbons (Fsp3) is 0.250. The lowest BCUT2D eigenvalue weighted by molar-refractivity contribution is 0.140. The minimum Gasteiger partial charge on any atom is -0.490 e. The monoisotopic (exact) mass is 256 g/mol. The molecule has 0 saturated carbocycles. The quantitative estimate of drug-likeness (QED) is 0.917. The minimum absolute atomic E-state index is 0.330. The van der Waals surface area contributed by atoms with Gasteiger partial charge >= 0.3 is 0 Å². The van der Waals surface area contributed by atoms with E-state index in [-0.39, 0.29) is 0 Å². The number of fused-ring (bicyclic) bond motifs is 1. The van der Waals surface area contributed by atoms with E-state index in [9.17, 15) is 5.11 Å². The molecule has 98 valence electrons. The Morgan fingerprint density at radius 3 is 3.00 bits per heavy atom. The number of hydrogen-bond donors (Lipinski definition) is 1. The van der Waals surface area contributed by atoms with Crippen molar-refractivity contribution in [2.45, 2.75) is 19.6 Å². The Morgan fingerprint density at radius 1 is 1.26 bits per heavy atom. The predicted molar refractivity (Wildman–Crippen MR) is 72.4 cm³/mol. The summed E-state index contributed by atoms with van der Waals surface area (Å²) in [5.41, 5.74) is 3.20. The van der Waals surface area contributed by atoms with Crippen LogP contribution < -0.4 is 9.47 Å². The molecule has 0 spiro atoms. The summed E-state index contributed by atoms with van der Waals surface area (Å²) in [6.45, 7) is 2.92. The molecular weight excluding hydrogens is 240 g/mol. The van der Waals surface area contributed by atoms with Crippen molar-refractivity contribution in [1.82, 2.24) is 0 Å². The third kappa shape index (κ3) is 2.56. The molecule has 0 aromatic heterocycles. The first-order valence-corrected chi connectivity index (χ1v) is 6.35. The van der Waals surface area contributed by atoms with Crippen molar-refractivity contribution >= 4 is 0 Å². The molecule has 0 fully saturated rings. The Labute approximate surface area is 112 Å². The molecule has 3 heteroatoms. The van der Waals surface area contributed by atoms with Gasteiger partial charge in [0.1, 0.15) is 30.8 Å². The van der Waals surface area contributed by atoms with Gasteiger partial charge in [-0.25, -0.2) is 0 Å². The van der Waals surface area contributed by atoms with Crippen LogP contribution in [0, 0.1) is 6.92 Å².